The number of aliphatic hydroxyl groups excluding tert-OH is 1. The van der Waals surface area contributed by atoms with Crippen LogP contribution in [-0.4, -0.2) is 34.2 Å². The number of aromatic nitrogens is 1. The SMILES string of the molecule is O=C(Nc1ccc(F)c(Cl)c1)N(CCCO)[C@@H]1CCCc2[nH]c(=O)c3ccccc3c21. The number of nitrogens with zero attached hydrogens (tertiary/aromatic N) is 1. The van der Waals surface area contributed by atoms with Crippen LogP contribution >= 0.6 is 11.6 Å². The van der Waals surface area contributed by atoms with E-state index in [0.29, 0.717) is 24.0 Å². The molecule has 31 heavy (non-hydrogen) atoms. The summed E-state index contributed by atoms with van der Waals surface area (Å²) >= 11 is 5.85. The summed E-state index contributed by atoms with van der Waals surface area (Å²) in [6.07, 6.45) is 2.68. The van der Waals surface area contributed by atoms with Crippen LogP contribution in [0.5, 0.6) is 0 Å². The smallest absolute Gasteiger partial charge is 0.322 e. The number of nitrogens with one attached hydrogen (secondary N) is 2. The molecule has 1 atom stereocenters. The summed E-state index contributed by atoms with van der Waals surface area (Å²) in [4.78, 5) is 30.4. The van der Waals surface area contributed by atoms with Gasteiger partial charge in [0.25, 0.3) is 5.56 Å². The first-order valence-electron chi connectivity index (χ1n) is 10.3. The molecule has 1 aliphatic carbocycles. The molecular weight excluding hydrogens is 421 g/mol. The Balaban J connectivity index is 1.74. The monoisotopic (exact) mass is 443 g/mol. The van der Waals surface area contributed by atoms with Gasteiger partial charge in [0.15, 0.2) is 0 Å². The van der Waals surface area contributed by atoms with Crippen LogP contribution in [0.4, 0.5) is 14.9 Å². The molecule has 3 N–H and O–H groups in total. The molecule has 0 aliphatic heterocycles. The number of carbonyl (C=O) groups is 1. The van der Waals surface area contributed by atoms with Crippen molar-refractivity contribution in [2.75, 3.05) is 18.5 Å². The fourth-order valence-corrected chi connectivity index (χ4v) is 4.45. The van der Waals surface area contributed by atoms with Crippen LogP contribution in [0.2, 0.25) is 5.02 Å². The number of H-pyrrole nitrogens is 1. The van der Waals surface area contributed by atoms with Gasteiger partial charge in [0, 0.05) is 35.5 Å². The van der Waals surface area contributed by atoms with Crippen molar-refractivity contribution in [2.45, 2.75) is 31.7 Å². The molecule has 0 bridgehead atoms. The molecule has 0 unspecified atom stereocenters. The average Bonchev–Trinajstić information content (AvgIpc) is 2.76. The highest BCUT2D eigenvalue weighted by molar-refractivity contribution is 6.31. The Morgan fingerprint density at radius 1 is 1.26 bits per heavy atom. The topological polar surface area (TPSA) is 85.4 Å². The average molecular weight is 444 g/mol. The third-order valence-electron chi connectivity index (χ3n) is 5.65. The summed E-state index contributed by atoms with van der Waals surface area (Å²) in [6, 6.07) is 10.7. The second kappa shape index (κ2) is 9.08. The molecular formula is C23H23ClFN3O3. The van der Waals surface area contributed by atoms with Crippen molar-refractivity contribution in [3.63, 3.8) is 0 Å². The number of benzene rings is 2. The maximum atomic E-state index is 13.5. The number of aryl methyl sites for hydroxylation is 1. The number of fused-ring (bicyclic) bond motifs is 3. The maximum Gasteiger partial charge on any atom is 0.322 e. The standard InChI is InChI=1S/C23H23ClFN3O3/c24-17-13-14(9-10-18(17)25)26-23(31)28(11-4-12-29)20-8-3-7-19-21(20)15-5-1-2-6-16(15)22(30)27-19/h1-2,5-6,9-10,13,20,29H,3-4,7-8,11-12H2,(H,26,31)(H,27,30)/t20-/m1/s1. The predicted molar refractivity (Wildman–Crippen MR) is 119 cm³/mol. The van der Waals surface area contributed by atoms with E-state index in [0.717, 1.165) is 35.9 Å². The minimum absolute atomic E-state index is 0.0574. The van der Waals surface area contributed by atoms with E-state index in [1.165, 1.54) is 18.2 Å². The van der Waals surface area contributed by atoms with Crippen molar-refractivity contribution >= 4 is 34.1 Å². The van der Waals surface area contributed by atoms with Gasteiger partial charge in [0.05, 0.1) is 11.1 Å². The molecule has 3 aromatic rings. The predicted octanol–water partition coefficient (Wildman–Crippen LogP) is 4.61. The molecule has 1 aromatic heterocycles. The molecule has 8 heteroatoms. The first-order chi connectivity index (χ1) is 15.0. The number of pyridine rings is 1. The lowest BCUT2D eigenvalue weighted by molar-refractivity contribution is 0.169. The van der Waals surface area contributed by atoms with Gasteiger partial charge in [-0.15, -0.1) is 0 Å². The number of rotatable bonds is 5. The van der Waals surface area contributed by atoms with Crippen LogP contribution in [0.15, 0.2) is 47.3 Å². The molecule has 0 saturated heterocycles. The van der Waals surface area contributed by atoms with Crippen molar-refractivity contribution in [1.29, 1.82) is 0 Å². The fraction of sp³-hybridized carbons (Fsp3) is 0.304. The van der Waals surface area contributed by atoms with Crippen LogP contribution in [-0.2, 0) is 6.42 Å². The first-order valence-corrected chi connectivity index (χ1v) is 10.6. The second-order valence-electron chi connectivity index (χ2n) is 7.63. The van der Waals surface area contributed by atoms with Crippen molar-refractivity contribution in [3.8, 4) is 0 Å². The maximum absolute atomic E-state index is 13.5. The summed E-state index contributed by atoms with van der Waals surface area (Å²) in [7, 11) is 0. The highest BCUT2D eigenvalue weighted by Gasteiger charge is 2.31. The van der Waals surface area contributed by atoms with E-state index in [9.17, 15) is 19.1 Å². The Labute approximate surface area is 183 Å². The number of urea groups is 1. The number of hydrogen-bond acceptors (Lipinski definition) is 3. The number of halogens is 2. The molecule has 0 fully saturated rings. The zero-order chi connectivity index (χ0) is 22.0. The van der Waals surface area contributed by atoms with Gasteiger partial charge < -0.3 is 20.3 Å². The molecule has 6 nitrogen and oxygen atoms in total. The number of anilines is 1. The Morgan fingerprint density at radius 3 is 2.77 bits per heavy atom. The molecule has 0 radical (unpaired) electrons. The third-order valence-corrected chi connectivity index (χ3v) is 5.94. The lowest BCUT2D eigenvalue weighted by Gasteiger charge is -2.36. The van der Waals surface area contributed by atoms with Crippen molar-refractivity contribution in [1.82, 2.24) is 9.88 Å². The summed E-state index contributed by atoms with van der Waals surface area (Å²) < 4.78 is 13.5. The lowest BCUT2D eigenvalue weighted by Crippen LogP contribution is -2.41. The van der Waals surface area contributed by atoms with E-state index < -0.39 is 5.82 Å². The van der Waals surface area contributed by atoms with E-state index in [4.69, 9.17) is 11.6 Å². The first kappa shape index (κ1) is 21.3. The van der Waals surface area contributed by atoms with Crippen LogP contribution < -0.4 is 10.9 Å². The van der Waals surface area contributed by atoms with Gasteiger partial charge in [0.2, 0.25) is 0 Å². The summed E-state index contributed by atoms with van der Waals surface area (Å²) in [5, 5.41) is 13.5. The summed E-state index contributed by atoms with van der Waals surface area (Å²) in [6.45, 7) is 0.271. The van der Waals surface area contributed by atoms with Crippen molar-refractivity contribution in [2.24, 2.45) is 0 Å². The largest absolute Gasteiger partial charge is 0.396 e. The highest BCUT2D eigenvalue weighted by Crippen LogP contribution is 2.37. The van der Waals surface area contributed by atoms with E-state index in [1.54, 1.807) is 11.0 Å². The van der Waals surface area contributed by atoms with Crippen LogP contribution in [0.25, 0.3) is 10.8 Å². The molecule has 2 aromatic carbocycles. The molecule has 0 saturated carbocycles. The van der Waals surface area contributed by atoms with E-state index in [-0.39, 0.29) is 29.3 Å². The molecule has 1 heterocycles. The quantitative estimate of drug-likeness (QED) is 0.538. The third kappa shape index (κ3) is 4.29. The Hall–Kier alpha value is -2.90. The molecule has 4 rings (SSSR count). The van der Waals surface area contributed by atoms with Gasteiger partial charge in [-0.25, -0.2) is 9.18 Å². The van der Waals surface area contributed by atoms with Gasteiger partial charge in [-0.1, -0.05) is 29.8 Å². The minimum Gasteiger partial charge on any atom is -0.396 e. The van der Waals surface area contributed by atoms with E-state index in [1.807, 2.05) is 18.2 Å². The molecule has 162 valence electrons. The van der Waals surface area contributed by atoms with Gasteiger partial charge in [-0.2, -0.15) is 0 Å². The normalized spacial score (nSPS) is 15.5. The van der Waals surface area contributed by atoms with E-state index in [2.05, 4.69) is 10.3 Å². The Bertz CT molecular complexity index is 1180. The molecule has 1 aliphatic rings. The van der Waals surface area contributed by atoms with Gasteiger partial charge >= 0.3 is 6.03 Å². The summed E-state index contributed by atoms with van der Waals surface area (Å²) in [5.74, 6) is -0.562. The Kier molecular flexibility index (Phi) is 6.25. The lowest BCUT2D eigenvalue weighted by atomic mass is 9.86. The molecule has 0 spiro atoms. The zero-order valence-electron chi connectivity index (χ0n) is 16.8. The number of carbonyl (C=O) groups excluding carboxylic acids is 1. The highest BCUT2D eigenvalue weighted by atomic mass is 35.5. The van der Waals surface area contributed by atoms with Gasteiger partial charge in [-0.05, 0) is 55.3 Å². The van der Waals surface area contributed by atoms with Gasteiger partial charge in [-0.3, -0.25) is 4.79 Å². The summed E-state index contributed by atoms with van der Waals surface area (Å²) in [5.41, 5.74) is 2.02. The van der Waals surface area contributed by atoms with Crippen LogP contribution in [0.3, 0.4) is 0 Å². The van der Waals surface area contributed by atoms with Crippen molar-refractivity contribution < 1.29 is 14.3 Å². The second-order valence-corrected chi connectivity index (χ2v) is 8.04. The molecule has 2 amide bonds. The van der Waals surface area contributed by atoms with Crippen LogP contribution in [0, 0.1) is 5.82 Å². The van der Waals surface area contributed by atoms with Crippen LogP contribution in [0.1, 0.15) is 36.6 Å². The number of hydrogen-bond donors (Lipinski definition) is 3. The zero-order valence-corrected chi connectivity index (χ0v) is 17.6. The Morgan fingerprint density at radius 2 is 2.03 bits per heavy atom. The number of aliphatic hydroxyl groups is 1. The van der Waals surface area contributed by atoms with Gasteiger partial charge in [0.1, 0.15) is 5.82 Å². The number of aromatic amines is 1. The van der Waals surface area contributed by atoms with Crippen molar-refractivity contribution in [3.05, 3.63) is 74.9 Å². The van der Waals surface area contributed by atoms with E-state index >= 15 is 0 Å². The fourth-order valence-electron chi connectivity index (χ4n) is 4.27. The number of amides is 2. The minimum atomic E-state index is -0.562.